The van der Waals surface area contributed by atoms with Crippen LogP contribution >= 0.6 is 0 Å². The molecule has 0 atom stereocenters. The standard InChI is InChI=1S/C10H12O5S/c1-16(12,13)15-6-5-14-10-4-2-3-9(7-10)8-11/h2-4,7-8H,5-6H2,1H3. The van der Waals surface area contributed by atoms with E-state index in [1.165, 1.54) is 0 Å². The first-order chi connectivity index (χ1) is 7.51. The zero-order valence-electron chi connectivity index (χ0n) is 8.75. The van der Waals surface area contributed by atoms with Gasteiger partial charge in [0.25, 0.3) is 10.1 Å². The number of ether oxygens (including phenoxy) is 1. The summed E-state index contributed by atoms with van der Waals surface area (Å²) in [5, 5.41) is 0. The Bertz CT molecular complexity index is 452. The molecule has 0 spiro atoms. The predicted octanol–water partition coefficient (Wildman–Crippen LogP) is 0.854. The molecule has 0 aliphatic carbocycles. The Labute approximate surface area is 94.1 Å². The van der Waals surface area contributed by atoms with Gasteiger partial charge in [0, 0.05) is 5.56 Å². The fourth-order valence-corrected chi connectivity index (χ4v) is 1.39. The second-order valence-electron chi connectivity index (χ2n) is 3.06. The molecule has 1 aromatic carbocycles. The van der Waals surface area contributed by atoms with Gasteiger partial charge in [-0.2, -0.15) is 8.42 Å². The van der Waals surface area contributed by atoms with E-state index in [4.69, 9.17) is 4.74 Å². The van der Waals surface area contributed by atoms with Crippen LogP contribution in [0.25, 0.3) is 0 Å². The van der Waals surface area contributed by atoms with Gasteiger partial charge >= 0.3 is 0 Å². The van der Waals surface area contributed by atoms with Crippen molar-refractivity contribution in [2.45, 2.75) is 0 Å². The lowest BCUT2D eigenvalue weighted by molar-refractivity contribution is 0.112. The summed E-state index contributed by atoms with van der Waals surface area (Å²) in [7, 11) is -3.43. The molecule has 0 heterocycles. The zero-order valence-corrected chi connectivity index (χ0v) is 9.57. The predicted molar refractivity (Wildman–Crippen MR) is 58.1 cm³/mol. The molecule has 6 heteroatoms. The minimum atomic E-state index is -3.43. The van der Waals surface area contributed by atoms with Gasteiger partial charge in [-0.1, -0.05) is 12.1 Å². The average Bonchev–Trinajstić information content (AvgIpc) is 2.23. The topological polar surface area (TPSA) is 69.7 Å². The minimum absolute atomic E-state index is 0.0514. The van der Waals surface area contributed by atoms with E-state index < -0.39 is 10.1 Å². The van der Waals surface area contributed by atoms with Gasteiger partial charge in [0.1, 0.15) is 25.2 Å². The molecular weight excluding hydrogens is 232 g/mol. The van der Waals surface area contributed by atoms with Crippen LogP contribution in [-0.4, -0.2) is 34.2 Å². The van der Waals surface area contributed by atoms with Crippen LogP contribution in [0.1, 0.15) is 10.4 Å². The number of hydrogen-bond donors (Lipinski definition) is 0. The first-order valence-corrected chi connectivity index (χ1v) is 6.35. The van der Waals surface area contributed by atoms with Crippen LogP contribution in [0.3, 0.4) is 0 Å². The van der Waals surface area contributed by atoms with Gasteiger partial charge in [-0.15, -0.1) is 0 Å². The highest BCUT2D eigenvalue weighted by molar-refractivity contribution is 7.85. The third-order valence-corrected chi connectivity index (χ3v) is 2.24. The third kappa shape index (κ3) is 4.90. The summed E-state index contributed by atoms with van der Waals surface area (Å²) in [4.78, 5) is 10.5. The second kappa shape index (κ2) is 5.62. The smallest absolute Gasteiger partial charge is 0.264 e. The van der Waals surface area contributed by atoms with Gasteiger partial charge in [-0.05, 0) is 12.1 Å². The number of hydrogen-bond acceptors (Lipinski definition) is 5. The van der Waals surface area contributed by atoms with Gasteiger partial charge in [0.15, 0.2) is 0 Å². The molecule has 88 valence electrons. The van der Waals surface area contributed by atoms with E-state index >= 15 is 0 Å². The quantitative estimate of drug-likeness (QED) is 0.421. The Morgan fingerprint density at radius 2 is 2.06 bits per heavy atom. The molecule has 1 aromatic rings. The Balaban J connectivity index is 2.40. The van der Waals surface area contributed by atoms with E-state index in [1.807, 2.05) is 0 Å². The SMILES string of the molecule is CS(=O)(=O)OCCOc1cccc(C=O)c1. The van der Waals surface area contributed by atoms with Gasteiger partial charge in [0.05, 0.1) is 6.26 Å². The molecule has 0 aromatic heterocycles. The van der Waals surface area contributed by atoms with Gasteiger partial charge in [-0.3, -0.25) is 8.98 Å². The van der Waals surface area contributed by atoms with E-state index in [0.29, 0.717) is 17.6 Å². The molecule has 0 fully saturated rings. The highest BCUT2D eigenvalue weighted by Gasteiger charge is 2.01. The average molecular weight is 244 g/mol. The van der Waals surface area contributed by atoms with Crippen LogP contribution in [-0.2, 0) is 14.3 Å². The van der Waals surface area contributed by atoms with Gasteiger partial charge in [-0.25, -0.2) is 0 Å². The summed E-state index contributed by atoms with van der Waals surface area (Å²) < 4.78 is 30.9. The lowest BCUT2D eigenvalue weighted by Crippen LogP contribution is -2.11. The minimum Gasteiger partial charge on any atom is -0.491 e. The van der Waals surface area contributed by atoms with Gasteiger partial charge < -0.3 is 4.74 Å². The first-order valence-electron chi connectivity index (χ1n) is 4.54. The van der Waals surface area contributed by atoms with Gasteiger partial charge in [0.2, 0.25) is 0 Å². The molecule has 16 heavy (non-hydrogen) atoms. The number of carbonyl (C=O) groups is 1. The van der Waals surface area contributed by atoms with Crippen molar-refractivity contribution in [3.05, 3.63) is 29.8 Å². The van der Waals surface area contributed by atoms with Crippen molar-refractivity contribution in [3.8, 4) is 5.75 Å². The zero-order chi connectivity index (χ0) is 12.0. The molecule has 5 nitrogen and oxygen atoms in total. The maximum atomic E-state index is 10.6. The van der Waals surface area contributed by atoms with E-state index in [1.54, 1.807) is 24.3 Å². The van der Waals surface area contributed by atoms with Crippen molar-refractivity contribution < 1.29 is 22.1 Å². The molecule has 0 aliphatic rings. The lowest BCUT2D eigenvalue weighted by Gasteiger charge is -2.05. The van der Waals surface area contributed by atoms with Crippen molar-refractivity contribution in [3.63, 3.8) is 0 Å². The summed E-state index contributed by atoms with van der Waals surface area (Å²) in [6, 6.07) is 6.56. The highest BCUT2D eigenvalue weighted by atomic mass is 32.2. The fourth-order valence-electron chi connectivity index (χ4n) is 1.02. The summed E-state index contributed by atoms with van der Waals surface area (Å²) in [5.41, 5.74) is 0.501. The lowest BCUT2D eigenvalue weighted by atomic mass is 10.2. The maximum absolute atomic E-state index is 10.6. The van der Waals surface area contributed by atoms with E-state index in [-0.39, 0.29) is 13.2 Å². The maximum Gasteiger partial charge on any atom is 0.264 e. The van der Waals surface area contributed by atoms with E-state index in [9.17, 15) is 13.2 Å². The van der Waals surface area contributed by atoms with Crippen LogP contribution in [0.2, 0.25) is 0 Å². The van der Waals surface area contributed by atoms with Crippen molar-refractivity contribution >= 4 is 16.4 Å². The Hall–Kier alpha value is -1.40. The Kier molecular flexibility index (Phi) is 4.45. The molecule has 0 unspecified atom stereocenters. The normalized spacial score (nSPS) is 11.1. The van der Waals surface area contributed by atoms with Crippen molar-refractivity contribution in [2.75, 3.05) is 19.5 Å². The van der Waals surface area contributed by atoms with Crippen molar-refractivity contribution in [2.24, 2.45) is 0 Å². The number of aldehydes is 1. The third-order valence-electron chi connectivity index (χ3n) is 1.64. The molecule has 0 N–H and O–H groups in total. The van der Waals surface area contributed by atoms with E-state index in [0.717, 1.165) is 6.26 Å². The molecule has 0 aliphatic heterocycles. The van der Waals surface area contributed by atoms with Crippen molar-refractivity contribution in [1.82, 2.24) is 0 Å². The highest BCUT2D eigenvalue weighted by Crippen LogP contribution is 2.11. The van der Waals surface area contributed by atoms with Crippen LogP contribution < -0.4 is 4.74 Å². The molecule has 1 rings (SSSR count). The number of carbonyl (C=O) groups excluding carboxylic acids is 1. The van der Waals surface area contributed by atoms with Crippen LogP contribution in [0, 0.1) is 0 Å². The Morgan fingerprint density at radius 3 is 2.69 bits per heavy atom. The molecule has 0 bridgehead atoms. The number of rotatable bonds is 6. The van der Waals surface area contributed by atoms with Crippen LogP contribution in [0.15, 0.2) is 24.3 Å². The van der Waals surface area contributed by atoms with Crippen molar-refractivity contribution in [1.29, 1.82) is 0 Å². The molecule has 0 saturated heterocycles. The Morgan fingerprint density at radius 1 is 1.31 bits per heavy atom. The second-order valence-corrected chi connectivity index (χ2v) is 4.71. The summed E-state index contributed by atoms with van der Waals surface area (Å²) in [5.74, 6) is 0.502. The monoisotopic (exact) mass is 244 g/mol. The number of benzene rings is 1. The molecule has 0 radical (unpaired) electrons. The summed E-state index contributed by atoms with van der Waals surface area (Å²) in [6.45, 7) is 0.0551. The summed E-state index contributed by atoms with van der Waals surface area (Å²) in [6.07, 6.45) is 1.68. The largest absolute Gasteiger partial charge is 0.491 e. The molecular formula is C10H12O5S. The van der Waals surface area contributed by atoms with Crippen LogP contribution in [0.4, 0.5) is 0 Å². The fraction of sp³-hybridized carbons (Fsp3) is 0.300. The first kappa shape index (κ1) is 12.7. The van der Waals surface area contributed by atoms with E-state index in [2.05, 4.69) is 4.18 Å². The molecule has 0 saturated carbocycles. The van der Waals surface area contributed by atoms with Crippen LogP contribution in [0.5, 0.6) is 5.75 Å². The summed E-state index contributed by atoms with van der Waals surface area (Å²) >= 11 is 0. The molecule has 0 amide bonds.